The molecule has 0 heterocycles. The fourth-order valence-electron chi connectivity index (χ4n) is 1.86. The van der Waals surface area contributed by atoms with E-state index in [0.717, 1.165) is 0 Å². The van der Waals surface area contributed by atoms with Crippen LogP contribution in [0.3, 0.4) is 0 Å². The van der Waals surface area contributed by atoms with Crippen molar-refractivity contribution in [2.75, 3.05) is 6.54 Å². The standard InChI is InChI=1S/C15H27N3O2/c1-6-7-17-15(20)13(9-11(4)5)18-14(19)12(16)8-10(2)3/h1,10-13H,7-9,16H2,2-5H3,(H,17,20)(H,18,19)/t12-,13-/m0/s1. The number of hydrogen-bond donors (Lipinski definition) is 3. The van der Waals surface area contributed by atoms with Crippen LogP contribution in [-0.2, 0) is 9.59 Å². The van der Waals surface area contributed by atoms with E-state index in [-0.39, 0.29) is 24.3 Å². The van der Waals surface area contributed by atoms with Crippen LogP contribution in [0.25, 0.3) is 0 Å². The monoisotopic (exact) mass is 281 g/mol. The molecule has 4 N–H and O–H groups in total. The first-order chi connectivity index (χ1) is 9.27. The molecule has 0 aliphatic rings. The van der Waals surface area contributed by atoms with Gasteiger partial charge in [-0.15, -0.1) is 6.42 Å². The number of amides is 2. The summed E-state index contributed by atoms with van der Waals surface area (Å²) in [5, 5.41) is 5.31. The summed E-state index contributed by atoms with van der Waals surface area (Å²) in [7, 11) is 0. The van der Waals surface area contributed by atoms with Crippen molar-refractivity contribution >= 4 is 11.8 Å². The van der Waals surface area contributed by atoms with Gasteiger partial charge < -0.3 is 16.4 Å². The molecule has 0 rings (SSSR count). The maximum Gasteiger partial charge on any atom is 0.243 e. The second kappa shape index (κ2) is 9.38. The first kappa shape index (κ1) is 18.5. The lowest BCUT2D eigenvalue weighted by atomic mass is 10.0. The Morgan fingerprint density at radius 3 is 2.10 bits per heavy atom. The van der Waals surface area contributed by atoms with Crippen LogP contribution in [0.1, 0.15) is 40.5 Å². The van der Waals surface area contributed by atoms with Gasteiger partial charge in [-0.3, -0.25) is 9.59 Å². The van der Waals surface area contributed by atoms with Gasteiger partial charge in [0, 0.05) is 0 Å². The van der Waals surface area contributed by atoms with E-state index in [1.807, 2.05) is 27.7 Å². The molecule has 0 aromatic rings. The zero-order valence-electron chi connectivity index (χ0n) is 12.9. The third kappa shape index (κ3) is 7.80. The largest absolute Gasteiger partial charge is 0.343 e. The van der Waals surface area contributed by atoms with Crippen molar-refractivity contribution in [3.63, 3.8) is 0 Å². The highest BCUT2D eigenvalue weighted by molar-refractivity contribution is 5.89. The molecule has 0 aliphatic carbocycles. The smallest absolute Gasteiger partial charge is 0.243 e. The highest BCUT2D eigenvalue weighted by Crippen LogP contribution is 2.07. The summed E-state index contributed by atoms with van der Waals surface area (Å²) in [6, 6.07) is -1.18. The van der Waals surface area contributed by atoms with Gasteiger partial charge in [0.25, 0.3) is 0 Å². The molecule has 0 aromatic carbocycles. The summed E-state index contributed by atoms with van der Waals surface area (Å²) in [4.78, 5) is 23.9. The molecule has 2 atom stereocenters. The van der Waals surface area contributed by atoms with Gasteiger partial charge in [0.15, 0.2) is 0 Å². The fourth-order valence-corrected chi connectivity index (χ4v) is 1.86. The van der Waals surface area contributed by atoms with Crippen molar-refractivity contribution in [2.45, 2.75) is 52.6 Å². The van der Waals surface area contributed by atoms with E-state index in [0.29, 0.717) is 18.8 Å². The lowest BCUT2D eigenvalue weighted by Gasteiger charge is -2.22. The molecule has 5 nitrogen and oxygen atoms in total. The van der Waals surface area contributed by atoms with E-state index in [1.165, 1.54) is 0 Å². The Morgan fingerprint density at radius 2 is 1.65 bits per heavy atom. The molecular weight excluding hydrogens is 254 g/mol. The van der Waals surface area contributed by atoms with Crippen LogP contribution in [0.5, 0.6) is 0 Å². The molecule has 0 saturated carbocycles. The number of carbonyl (C=O) groups is 2. The van der Waals surface area contributed by atoms with Gasteiger partial charge in [-0.25, -0.2) is 0 Å². The second-order valence-electron chi connectivity index (χ2n) is 5.85. The van der Waals surface area contributed by atoms with E-state index in [9.17, 15) is 9.59 Å². The SMILES string of the molecule is C#CCNC(=O)[C@H](CC(C)C)NC(=O)[C@@H](N)CC(C)C. The van der Waals surface area contributed by atoms with Gasteiger partial charge in [-0.05, 0) is 24.7 Å². The molecule has 0 fully saturated rings. The van der Waals surface area contributed by atoms with Crippen molar-refractivity contribution in [3.8, 4) is 12.3 Å². The van der Waals surface area contributed by atoms with Crippen molar-refractivity contribution in [1.29, 1.82) is 0 Å². The van der Waals surface area contributed by atoms with Gasteiger partial charge >= 0.3 is 0 Å². The van der Waals surface area contributed by atoms with Crippen molar-refractivity contribution in [3.05, 3.63) is 0 Å². The highest BCUT2D eigenvalue weighted by atomic mass is 16.2. The highest BCUT2D eigenvalue weighted by Gasteiger charge is 2.24. The molecule has 0 aromatic heterocycles. The van der Waals surface area contributed by atoms with E-state index in [1.54, 1.807) is 0 Å². The normalized spacial score (nSPS) is 13.7. The van der Waals surface area contributed by atoms with Gasteiger partial charge in [0.1, 0.15) is 6.04 Å². The summed E-state index contributed by atoms with van der Waals surface area (Å²) in [6.07, 6.45) is 6.25. The number of hydrogen-bond acceptors (Lipinski definition) is 3. The average Bonchev–Trinajstić information content (AvgIpc) is 2.33. The Labute approximate surface area is 122 Å². The Balaban J connectivity index is 4.60. The van der Waals surface area contributed by atoms with E-state index >= 15 is 0 Å². The topological polar surface area (TPSA) is 84.2 Å². The predicted molar refractivity (Wildman–Crippen MR) is 80.7 cm³/mol. The van der Waals surface area contributed by atoms with E-state index in [2.05, 4.69) is 16.6 Å². The molecule has 0 spiro atoms. The van der Waals surface area contributed by atoms with Crippen LogP contribution in [0, 0.1) is 24.2 Å². The molecule has 20 heavy (non-hydrogen) atoms. The molecule has 0 bridgehead atoms. The minimum atomic E-state index is -0.593. The lowest BCUT2D eigenvalue weighted by molar-refractivity contribution is -0.130. The zero-order valence-corrected chi connectivity index (χ0v) is 12.9. The number of terminal acetylenes is 1. The number of carbonyl (C=O) groups excluding carboxylic acids is 2. The summed E-state index contributed by atoms with van der Waals surface area (Å²) in [6.45, 7) is 8.13. The van der Waals surface area contributed by atoms with E-state index < -0.39 is 12.1 Å². The quantitative estimate of drug-likeness (QED) is 0.571. The van der Waals surface area contributed by atoms with Crippen LogP contribution >= 0.6 is 0 Å². The molecule has 0 unspecified atom stereocenters. The number of nitrogens with one attached hydrogen (secondary N) is 2. The molecule has 0 saturated heterocycles. The summed E-state index contributed by atoms with van der Waals surface area (Å²) < 4.78 is 0. The van der Waals surface area contributed by atoms with Crippen molar-refractivity contribution in [1.82, 2.24) is 10.6 Å². The third-order valence-corrected chi connectivity index (χ3v) is 2.77. The summed E-state index contributed by atoms with van der Waals surface area (Å²) in [5.41, 5.74) is 5.82. The first-order valence-corrected chi connectivity index (χ1v) is 7.05. The third-order valence-electron chi connectivity index (χ3n) is 2.77. The average molecular weight is 281 g/mol. The van der Waals surface area contributed by atoms with Crippen LogP contribution < -0.4 is 16.4 Å². The molecule has 0 radical (unpaired) electrons. The summed E-state index contributed by atoms with van der Waals surface area (Å²) >= 11 is 0. The van der Waals surface area contributed by atoms with Crippen LogP contribution in [0.4, 0.5) is 0 Å². The van der Waals surface area contributed by atoms with Gasteiger partial charge in [-0.2, -0.15) is 0 Å². The minimum Gasteiger partial charge on any atom is -0.343 e. The number of rotatable bonds is 8. The van der Waals surface area contributed by atoms with Crippen molar-refractivity contribution < 1.29 is 9.59 Å². The minimum absolute atomic E-state index is 0.154. The number of nitrogens with two attached hydrogens (primary N) is 1. The van der Waals surface area contributed by atoms with Gasteiger partial charge in [-0.1, -0.05) is 33.6 Å². The predicted octanol–water partition coefficient (Wildman–Crippen LogP) is 0.640. The summed E-state index contributed by atoms with van der Waals surface area (Å²) in [5.74, 6) is 2.39. The molecule has 0 aliphatic heterocycles. The Kier molecular flexibility index (Phi) is 8.66. The Morgan fingerprint density at radius 1 is 1.10 bits per heavy atom. The molecule has 5 heteroatoms. The van der Waals surface area contributed by atoms with Crippen LogP contribution in [0.15, 0.2) is 0 Å². The fraction of sp³-hybridized carbons (Fsp3) is 0.733. The van der Waals surface area contributed by atoms with Gasteiger partial charge in [0.05, 0.1) is 12.6 Å². The first-order valence-electron chi connectivity index (χ1n) is 7.05. The van der Waals surface area contributed by atoms with Crippen LogP contribution in [-0.4, -0.2) is 30.4 Å². The van der Waals surface area contributed by atoms with Gasteiger partial charge in [0.2, 0.25) is 11.8 Å². The molecule has 2 amide bonds. The maximum atomic E-state index is 12.0. The molecular formula is C15H27N3O2. The van der Waals surface area contributed by atoms with Crippen molar-refractivity contribution in [2.24, 2.45) is 17.6 Å². The Hall–Kier alpha value is -1.54. The molecule has 114 valence electrons. The maximum absolute atomic E-state index is 12.0. The van der Waals surface area contributed by atoms with Crippen LogP contribution in [0.2, 0.25) is 0 Å². The second-order valence-corrected chi connectivity index (χ2v) is 5.85. The zero-order chi connectivity index (χ0) is 15.7. The lowest BCUT2D eigenvalue weighted by Crippen LogP contribution is -2.52. The Bertz CT molecular complexity index is 359. The van der Waals surface area contributed by atoms with E-state index in [4.69, 9.17) is 12.2 Å².